The molecular formula is C45H28N4OS. The van der Waals surface area contributed by atoms with Crippen LogP contribution in [0, 0.1) is 0 Å². The van der Waals surface area contributed by atoms with Crippen LogP contribution in [0.2, 0.25) is 0 Å². The number of hydrogen-bond donors (Lipinski definition) is 0. The minimum atomic E-state index is 0.599. The van der Waals surface area contributed by atoms with Gasteiger partial charge in [-0.2, -0.15) is 0 Å². The van der Waals surface area contributed by atoms with Gasteiger partial charge in [-0.25, -0.2) is 15.0 Å². The summed E-state index contributed by atoms with van der Waals surface area (Å²) in [6.07, 6.45) is 0. The van der Waals surface area contributed by atoms with Gasteiger partial charge in [0.2, 0.25) is 0 Å². The summed E-state index contributed by atoms with van der Waals surface area (Å²) in [7, 11) is 0. The smallest absolute Gasteiger partial charge is 0.164 e. The van der Waals surface area contributed by atoms with Crippen LogP contribution in [0.5, 0.6) is 0 Å². The Kier molecular flexibility index (Phi) is 6.93. The van der Waals surface area contributed by atoms with Gasteiger partial charge in [0.1, 0.15) is 11.2 Å². The molecule has 0 N–H and O–H groups in total. The summed E-state index contributed by atoms with van der Waals surface area (Å²) >= 11 is 1.83. The molecule has 10 rings (SSSR count). The number of para-hydroxylation sites is 1. The Labute approximate surface area is 297 Å². The minimum absolute atomic E-state index is 0.599. The van der Waals surface area contributed by atoms with Gasteiger partial charge in [-0.3, -0.25) is 0 Å². The van der Waals surface area contributed by atoms with Crippen LogP contribution in [0.4, 0.5) is 17.1 Å². The van der Waals surface area contributed by atoms with E-state index in [4.69, 9.17) is 19.4 Å². The number of aromatic nitrogens is 3. The Balaban J connectivity index is 1.17. The molecule has 0 atom stereocenters. The van der Waals surface area contributed by atoms with Crippen molar-refractivity contribution in [2.75, 3.05) is 4.90 Å². The fourth-order valence-electron chi connectivity index (χ4n) is 7.02. The number of fused-ring (bicyclic) bond motifs is 6. The number of benzene rings is 7. The molecule has 0 aliphatic heterocycles. The Hall–Kier alpha value is -6.63. The van der Waals surface area contributed by atoms with Crippen LogP contribution in [0.1, 0.15) is 0 Å². The first kappa shape index (κ1) is 29.3. The molecule has 10 aromatic rings. The first-order chi connectivity index (χ1) is 25.3. The molecule has 51 heavy (non-hydrogen) atoms. The molecule has 0 fully saturated rings. The van der Waals surface area contributed by atoms with E-state index in [0.29, 0.717) is 17.5 Å². The second-order valence-electron chi connectivity index (χ2n) is 12.4. The van der Waals surface area contributed by atoms with Crippen molar-refractivity contribution in [3.63, 3.8) is 0 Å². The minimum Gasteiger partial charge on any atom is -0.456 e. The number of nitrogens with zero attached hydrogens (tertiary/aromatic N) is 4. The fraction of sp³-hybridized carbons (Fsp3) is 0. The Morgan fingerprint density at radius 3 is 1.80 bits per heavy atom. The maximum Gasteiger partial charge on any atom is 0.164 e. The lowest BCUT2D eigenvalue weighted by Crippen LogP contribution is -2.10. The van der Waals surface area contributed by atoms with Crippen LogP contribution in [-0.2, 0) is 0 Å². The standard InChI is InChI=1S/C45H28N4OS/c1-4-14-29(15-5-1)43-46-44(30-16-6-2-7-17-30)48-45(47-43)35-21-12-23-37-41(35)33-27-26-32(28-38(33)50-37)49(31-18-8-3-9-19-31)36-22-13-25-40-42(36)34-20-10-11-24-39(34)51-40/h1-28H. The molecule has 7 aromatic carbocycles. The highest BCUT2D eigenvalue weighted by Gasteiger charge is 2.21. The second kappa shape index (κ2) is 12.1. The molecule has 0 radical (unpaired) electrons. The maximum atomic E-state index is 6.65. The highest BCUT2D eigenvalue weighted by molar-refractivity contribution is 7.26. The van der Waals surface area contributed by atoms with Crippen molar-refractivity contribution in [2.45, 2.75) is 0 Å². The summed E-state index contributed by atoms with van der Waals surface area (Å²) < 4.78 is 9.18. The van der Waals surface area contributed by atoms with Gasteiger partial charge in [-0.1, -0.05) is 115 Å². The third-order valence-corrected chi connectivity index (χ3v) is 10.5. The molecule has 3 heterocycles. The second-order valence-corrected chi connectivity index (χ2v) is 13.5. The van der Waals surface area contributed by atoms with Crippen LogP contribution in [0.3, 0.4) is 0 Å². The van der Waals surface area contributed by atoms with Crippen molar-refractivity contribution in [2.24, 2.45) is 0 Å². The van der Waals surface area contributed by atoms with E-state index in [0.717, 1.165) is 55.7 Å². The van der Waals surface area contributed by atoms with Gasteiger partial charge < -0.3 is 9.32 Å². The van der Waals surface area contributed by atoms with Crippen LogP contribution >= 0.6 is 11.3 Å². The number of hydrogen-bond acceptors (Lipinski definition) is 6. The van der Waals surface area contributed by atoms with Crippen LogP contribution < -0.4 is 4.90 Å². The van der Waals surface area contributed by atoms with Gasteiger partial charge in [-0.15, -0.1) is 11.3 Å². The summed E-state index contributed by atoms with van der Waals surface area (Å²) in [6, 6.07) is 58.5. The van der Waals surface area contributed by atoms with Gasteiger partial charge in [0, 0.05) is 65.1 Å². The number of anilines is 3. The summed E-state index contributed by atoms with van der Waals surface area (Å²) in [5, 5.41) is 4.47. The van der Waals surface area contributed by atoms with Gasteiger partial charge in [0.15, 0.2) is 17.5 Å². The highest BCUT2D eigenvalue weighted by atomic mass is 32.1. The van der Waals surface area contributed by atoms with Gasteiger partial charge in [0.25, 0.3) is 0 Å². The van der Waals surface area contributed by atoms with E-state index in [-0.39, 0.29) is 0 Å². The Bertz CT molecular complexity index is 2810. The first-order valence-corrected chi connectivity index (χ1v) is 17.7. The van der Waals surface area contributed by atoms with E-state index >= 15 is 0 Å². The molecule has 240 valence electrons. The Morgan fingerprint density at radius 2 is 1.06 bits per heavy atom. The number of furan rings is 1. The molecule has 0 amide bonds. The monoisotopic (exact) mass is 672 g/mol. The predicted molar refractivity (Wildman–Crippen MR) is 211 cm³/mol. The molecule has 0 saturated carbocycles. The lowest BCUT2D eigenvalue weighted by Gasteiger charge is -2.26. The molecule has 5 nitrogen and oxygen atoms in total. The van der Waals surface area contributed by atoms with Gasteiger partial charge in [-0.05, 0) is 48.5 Å². The summed E-state index contributed by atoms with van der Waals surface area (Å²) in [5.41, 5.74) is 7.53. The zero-order chi connectivity index (χ0) is 33.7. The molecule has 0 bridgehead atoms. The molecule has 0 spiro atoms. The van der Waals surface area contributed by atoms with E-state index in [9.17, 15) is 0 Å². The molecular weight excluding hydrogens is 645 g/mol. The first-order valence-electron chi connectivity index (χ1n) is 16.9. The van der Waals surface area contributed by atoms with Crippen LogP contribution in [0.15, 0.2) is 174 Å². The van der Waals surface area contributed by atoms with Gasteiger partial charge >= 0.3 is 0 Å². The molecule has 0 saturated heterocycles. The van der Waals surface area contributed by atoms with E-state index in [2.05, 4.69) is 102 Å². The van der Waals surface area contributed by atoms with Crippen LogP contribution in [-0.4, -0.2) is 15.0 Å². The zero-order valence-corrected chi connectivity index (χ0v) is 28.1. The van der Waals surface area contributed by atoms with Crippen molar-refractivity contribution >= 4 is 70.5 Å². The molecule has 0 unspecified atom stereocenters. The van der Waals surface area contributed by atoms with Crippen molar-refractivity contribution in [3.05, 3.63) is 170 Å². The highest BCUT2D eigenvalue weighted by Crippen LogP contribution is 2.46. The lowest BCUT2D eigenvalue weighted by molar-refractivity contribution is 0.669. The summed E-state index contributed by atoms with van der Waals surface area (Å²) in [6.45, 7) is 0. The molecule has 3 aromatic heterocycles. The van der Waals surface area contributed by atoms with Crippen molar-refractivity contribution in [1.29, 1.82) is 0 Å². The quantitative estimate of drug-likeness (QED) is 0.176. The van der Waals surface area contributed by atoms with Crippen LogP contribution in [0.25, 0.3) is 76.3 Å². The average Bonchev–Trinajstić information content (AvgIpc) is 3.78. The van der Waals surface area contributed by atoms with Crippen molar-refractivity contribution < 1.29 is 4.42 Å². The van der Waals surface area contributed by atoms with E-state index in [1.54, 1.807) is 0 Å². The lowest BCUT2D eigenvalue weighted by atomic mass is 10.0. The third kappa shape index (κ3) is 5.04. The largest absolute Gasteiger partial charge is 0.456 e. The van der Waals surface area contributed by atoms with E-state index in [1.807, 2.05) is 84.1 Å². The van der Waals surface area contributed by atoms with Crippen molar-refractivity contribution in [3.8, 4) is 34.2 Å². The average molecular weight is 673 g/mol. The topological polar surface area (TPSA) is 55.1 Å². The summed E-state index contributed by atoms with van der Waals surface area (Å²) in [5.74, 6) is 1.85. The third-order valence-electron chi connectivity index (χ3n) is 9.32. The normalized spacial score (nSPS) is 11.5. The number of rotatable bonds is 6. The molecule has 6 heteroatoms. The maximum absolute atomic E-state index is 6.65. The molecule has 0 aliphatic carbocycles. The Morgan fingerprint density at radius 1 is 0.431 bits per heavy atom. The fourth-order valence-corrected chi connectivity index (χ4v) is 8.14. The predicted octanol–water partition coefficient (Wildman–Crippen LogP) is 12.6. The van der Waals surface area contributed by atoms with Crippen molar-refractivity contribution in [1.82, 2.24) is 15.0 Å². The summed E-state index contributed by atoms with van der Waals surface area (Å²) in [4.78, 5) is 17.3. The van der Waals surface area contributed by atoms with Gasteiger partial charge in [0.05, 0.1) is 5.69 Å². The van der Waals surface area contributed by atoms with E-state index in [1.165, 1.54) is 20.2 Å². The SMILES string of the molecule is c1ccc(-c2nc(-c3ccccc3)nc(-c3cccc4oc5cc(N(c6ccccc6)c6cccc7sc8ccccc8c67)ccc5c34)n2)cc1. The van der Waals surface area contributed by atoms with E-state index < -0.39 is 0 Å². The molecule has 0 aliphatic rings. The zero-order valence-electron chi connectivity index (χ0n) is 27.3. The number of thiophene rings is 1.